The minimum Gasteiger partial charge on any atom is -0.0801 e. The summed E-state index contributed by atoms with van der Waals surface area (Å²) >= 11 is 0. The third-order valence-corrected chi connectivity index (χ3v) is 9.20. The van der Waals surface area contributed by atoms with Crippen LogP contribution in [0.3, 0.4) is 0 Å². The van der Waals surface area contributed by atoms with Gasteiger partial charge in [-0.2, -0.15) is 0 Å². The summed E-state index contributed by atoms with van der Waals surface area (Å²) in [5, 5.41) is 5.45. The number of hydrogen-bond donors (Lipinski definition) is 0. The molecule has 0 N–H and O–H groups in total. The van der Waals surface area contributed by atoms with E-state index in [-0.39, 0.29) is 5.41 Å². The minimum absolute atomic E-state index is 0.000208. The molecule has 0 radical (unpaired) electrons. The number of fused-ring (bicyclic) bond motifs is 6. The van der Waals surface area contributed by atoms with Gasteiger partial charge in [0.1, 0.15) is 0 Å². The molecule has 0 aromatic heterocycles. The van der Waals surface area contributed by atoms with E-state index in [2.05, 4.69) is 131 Å². The Morgan fingerprint density at radius 2 is 1.44 bits per heavy atom. The van der Waals surface area contributed by atoms with Crippen molar-refractivity contribution in [1.29, 1.82) is 0 Å². The summed E-state index contributed by atoms with van der Waals surface area (Å²) < 4.78 is 0. The van der Waals surface area contributed by atoms with Gasteiger partial charge in [-0.15, -0.1) is 0 Å². The fourth-order valence-corrected chi connectivity index (χ4v) is 7.65. The maximum Gasteiger partial charge on any atom is 0.00703 e. The summed E-state index contributed by atoms with van der Waals surface area (Å²) in [5.41, 5.74) is 15.6. The highest BCUT2D eigenvalue weighted by Gasteiger charge is 2.34. The predicted molar refractivity (Wildman–Crippen MR) is 168 cm³/mol. The highest BCUT2D eigenvalue weighted by molar-refractivity contribution is 6.24. The van der Waals surface area contributed by atoms with E-state index in [1.807, 2.05) is 0 Å². The van der Waals surface area contributed by atoms with E-state index in [1.54, 1.807) is 0 Å². The van der Waals surface area contributed by atoms with Crippen molar-refractivity contribution in [1.82, 2.24) is 0 Å². The highest BCUT2D eigenvalue weighted by Crippen LogP contribution is 2.58. The average Bonchev–Trinajstić information content (AvgIpc) is 3.25. The van der Waals surface area contributed by atoms with Gasteiger partial charge in [0.25, 0.3) is 0 Å². The molecule has 0 fully saturated rings. The lowest BCUT2D eigenvalue weighted by molar-refractivity contribution is 0.598. The van der Waals surface area contributed by atoms with E-state index in [1.165, 1.54) is 82.8 Å². The second kappa shape index (κ2) is 7.93. The van der Waals surface area contributed by atoms with Crippen LogP contribution in [-0.4, -0.2) is 0 Å². The van der Waals surface area contributed by atoms with Gasteiger partial charge < -0.3 is 0 Å². The van der Waals surface area contributed by atoms with Crippen molar-refractivity contribution in [3.05, 3.63) is 125 Å². The van der Waals surface area contributed by atoms with E-state index >= 15 is 0 Å². The Kier molecular flexibility index (Phi) is 4.63. The molecule has 188 valence electrons. The zero-order valence-corrected chi connectivity index (χ0v) is 23.1. The maximum absolute atomic E-state index is 2.51. The lowest BCUT2D eigenvalue weighted by Crippen LogP contribution is -2.14. The molecule has 8 rings (SSSR count). The molecule has 1 atom stereocenters. The standard InChI is InChI=1S/C39H32/c1-23-26-14-6-5-7-15-27(26)28-21-20-25(22-33(23)28)35-29-16-8-9-17-30(29)38(39(2,3)4)37-32-19-11-13-24-12-10-18-31(34(24)32)36(35)37/h5-14,16-23H,15H2,1-4H3. The monoisotopic (exact) mass is 500 g/mol. The second-order valence-electron chi connectivity index (χ2n) is 12.5. The fraction of sp³-hybridized carbons (Fsp3) is 0.179. The quantitative estimate of drug-likeness (QED) is 0.211. The van der Waals surface area contributed by atoms with Crippen LogP contribution in [0.5, 0.6) is 0 Å². The van der Waals surface area contributed by atoms with Gasteiger partial charge >= 0.3 is 0 Å². The van der Waals surface area contributed by atoms with Crippen LogP contribution in [-0.2, 0) is 5.41 Å². The molecule has 0 saturated heterocycles. The van der Waals surface area contributed by atoms with Crippen molar-refractivity contribution in [2.24, 2.45) is 0 Å². The summed E-state index contributed by atoms with van der Waals surface area (Å²) in [6.07, 6.45) is 10.0. The summed E-state index contributed by atoms with van der Waals surface area (Å²) in [7, 11) is 0. The smallest absolute Gasteiger partial charge is 0.00703 e. The van der Waals surface area contributed by atoms with Gasteiger partial charge in [-0.3, -0.25) is 0 Å². The molecule has 0 heteroatoms. The molecule has 5 aromatic carbocycles. The number of benzene rings is 5. The second-order valence-corrected chi connectivity index (χ2v) is 12.5. The van der Waals surface area contributed by atoms with Crippen LogP contribution in [0.4, 0.5) is 0 Å². The predicted octanol–water partition coefficient (Wildman–Crippen LogP) is 11.0. The van der Waals surface area contributed by atoms with Crippen molar-refractivity contribution in [2.45, 2.75) is 45.4 Å². The van der Waals surface area contributed by atoms with E-state index in [0.717, 1.165) is 6.42 Å². The zero-order chi connectivity index (χ0) is 26.5. The van der Waals surface area contributed by atoms with Gasteiger partial charge in [-0.25, -0.2) is 0 Å². The first-order chi connectivity index (χ1) is 18.9. The first kappa shape index (κ1) is 22.8. The van der Waals surface area contributed by atoms with E-state index < -0.39 is 0 Å². The molecule has 0 aliphatic heterocycles. The molecular weight excluding hydrogens is 468 g/mol. The van der Waals surface area contributed by atoms with Crippen LogP contribution >= 0.6 is 0 Å². The minimum atomic E-state index is 0.000208. The Morgan fingerprint density at radius 1 is 0.692 bits per heavy atom. The molecule has 5 aromatic rings. The first-order valence-electron chi connectivity index (χ1n) is 14.3. The molecule has 0 saturated carbocycles. The van der Waals surface area contributed by atoms with Crippen LogP contribution in [0, 0.1) is 0 Å². The number of hydrogen-bond acceptors (Lipinski definition) is 0. The van der Waals surface area contributed by atoms with Crippen LogP contribution < -0.4 is 0 Å². The molecule has 3 aliphatic rings. The first-order valence-corrected chi connectivity index (χ1v) is 14.3. The Balaban J connectivity index is 1.49. The van der Waals surface area contributed by atoms with Crippen LogP contribution in [0.25, 0.3) is 60.5 Å². The van der Waals surface area contributed by atoms with Crippen molar-refractivity contribution in [2.75, 3.05) is 0 Å². The molecule has 3 aliphatic carbocycles. The molecule has 0 spiro atoms. The van der Waals surface area contributed by atoms with Gasteiger partial charge in [0.15, 0.2) is 0 Å². The molecule has 0 nitrogen and oxygen atoms in total. The average molecular weight is 501 g/mol. The SMILES string of the molecule is CC1C2=C(CC=CC=C2)c2ccc(-c3c4c(c(C(C)(C)C)c5ccccc35)-c3cccc5cccc-4c35)cc21. The lowest BCUT2D eigenvalue weighted by atomic mass is 9.75. The van der Waals surface area contributed by atoms with Crippen LogP contribution in [0.15, 0.2) is 109 Å². The van der Waals surface area contributed by atoms with Crippen LogP contribution in [0.2, 0.25) is 0 Å². The van der Waals surface area contributed by atoms with E-state index in [4.69, 9.17) is 0 Å². The Hall–Kier alpha value is -4.16. The molecule has 39 heavy (non-hydrogen) atoms. The summed E-state index contributed by atoms with van der Waals surface area (Å²) in [6.45, 7) is 9.49. The number of rotatable bonds is 1. The lowest BCUT2D eigenvalue weighted by Gasteiger charge is -2.28. The Labute approximate surface area is 231 Å². The van der Waals surface area contributed by atoms with Crippen molar-refractivity contribution < 1.29 is 0 Å². The normalized spacial score (nSPS) is 17.1. The highest BCUT2D eigenvalue weighted by atomic mass is 14.4. The van der Waals surface area contributed by atoms with Crippen LogP contribution in [0.1, 0.15) is 56.7 Å². The number of allylic oxidation sites excluding steroid dienone is 6. The summed E-state index contributed by atoms with van der Waals surface area (Å²) in [6, 6.07) is 30.1. The molecule has 0 heterocycles. The Bertz CT molecular complexity index is 1960. The van der Waals surface area contributed by atoms with Gasteiger partial charge in [0.05, 0.1) is 0 Å². The zero-order valence-electron chi connectivity index (χ0n) is 23.1. The van der Waals surface area contributed by atoms with Crippen molar-refractivity contribution in [3.63, 3.8) is 0 Å². The summed E-state index contributed by atoms with van der Waals surface area (Å²) in [5.74, 6) is 0.403. The van der Waals surface area contributed by atoms with Crippen molar-refractivity contribution >= 4 is 27.1 Å². The van der Waals surface area contributed by atoms with E-state index in [0.29, 0.717) is 5.92 Å². The molecule has 0 bridgehead atoms. The molecule has 1 unspecified atom stereocenters. The van der Waals surface area contributed by atoms with E-state index in [9.17, 15) is 0 Å². The summed E-state index contributed by atoms with van der Waals surface area (Å²) in [4.78, 5) is 0. The third kappa shape index (κ3) is 3.06. The molecular formula is C39H32. The topological polar surface area (TPSA) is 0 Å². The Morgan fingerprint density at radius 3 is 2.21 bits per heavy atom. The van der Waals surface area contributed by atoms with Gasteiger partial charge in [-0.05, 0) is 101 Å². The fourth-order valence-electron chi connectivity index (χ4n) is 7.65. The van der Waals surface area contributed by atoms with Gasteiger partial charge in [0.2, 0.25) is 0 Å². The van der Waals surface area contributed by atoms with Crippen molar-refractivity contribution in [3.8, 4) is 33.4 Å². The van der Waals surface area contributed by atoms with Gasteiger partial charge in [-0.1, -0.05) is 125 Å². The third-order valence-electron chi connectivity index (χ3n) is 9.20. The molecule has 0 amide bonds. The van der Waals surface area contributed by atoms with Gasteiger partial charge in [0, 0.05) is 5.92 Å². The largest absolute Gasteiger partial charge is 0.0801 e. The maximum atomic E-state index is 2.51.